The summed E-state index contributed by atoms with van der Waals surface area (Å²) in [5.41, 5.74) is 0.809. The zero-order chi connectivity index (χ0) is 7.68. The van der Waals surface area contributed by atoms with E-state index in [2.05, 4.69) is 0 Å². The molecule has 0 saturated heterocycles. The highest BCUT2D eigenvalue weighted by molar-refractivity contribution is 7.93. The molecule has 0 amide bonds. The zero-order valence-electron chi connectivity index (χ0n) is 5.65. The van der Waals surface area contributed by atoms with Crippen molar-refractivity contribution < 1.29 is 8.97 Å². The molecule has 2 rings (SSSR count). The van der Waals surface area contributed by atoms with E-state index in [1.54, 1.807) is 6.07 Å². The fraction of sp³-hybridized carbons (Fsp3) is 0. The molecule has 0 radical (unpaired) electrons. The Kier molecular flexibility index (Phi) is 1.60. The first-order chi connectivity index (χ1) is 5.40. The van der Waals surface area contributed by atoms with Crippen LogP contribution >= 0.6 is 12.0 Å². The van der Waals surface area contributed by atoms with Crippen molar-refractivity contribution in [2.75, 3.05) is 0 Å². The van der Waals surface area contributed by atoms with Crippen molar-refractivity contribution in [1.82, 2.24) is 0 Å². The van der Waals surface area contributed by atoms with Crippen LogP contribution in [0, 0.1) is 0 Å². The summed E-state index contributed by atoms with van der Waals surface area (Å²) >= 11 is 0.628. The summed E-state index contributed by atoms with van der Waals surface area (Å²) in [5, 5.41) is 1.55. The lowest BCUT2D eigenvalue weighted by Gasteiger charge is -1.82. The molecule has 0 spiro atoms. The van der Waals surface area contributed by atoms with Crippen LogP contribution in [-0.2, 0) is 0 Å². The fourth-order valence-electron chi connectivity index (χ4n) is 1.00. The normalized spacial score (nSPS) is 10.6. The van der Waals surface area contributed by atoms with Gasteiger partial charge in [0.25, 0.3) is 0 Å². The molecule has 2 aromatic rings. The van der Waals surface area contributed by atoms with Gasteiger partial charge in [-0.2, -0.15) is 0 Å². The Morgan fingerprint density at radius 3 is 2.82 bits per heavy atom. The summed E-state index contributed by atoms with van der Waals surface area (Å²) in [7, 11) is 0. The number of para-hydroxylation sites is 1. The molecule has 0 aliphatic carbocycles. The highest BCUT2D eigenvalue weighted by Gasteiger charge is 2.00. The molecule has 0 unspecified atom stereocenters. The SMILES string of the molecule is OSc1cc2ccccc2o1. The van der Waals surface area contributed by atoms with E-state index in [-0.39, 0.29) is 0 Å². The molecular weight excluding hydrogens is 160 g/mol. The van der Waals surface area contributed by atoms with Crippen molar-refractivity contribution in [1.29, 1.82) is 0 Å². The first-order valence-electron chi connectivity index (χ1n) is 3.20. The van der Waals surface area contributed by atoms with Gasteiger partial charge in [-0.1, -0.05) is 18.2 Å². The van der Waals surface area contributed by atoms with Crippen molar-refractivity contribution in [2.45, 2.75) is 5.09 Å². The molecule has 1 N–H and O–H groups in total. The van der Waals surface area contributed by atoms with Crippen LogP contribution in [0.1, 0.15) is 0 Å². The Morgan fingerprint density at radius 1 is 1.27 bits per heavy atom. The second kappa shape index (κ2) is 2.60. The number of hydrogen-bond donors (Lipinski definition) is 1. The van der Waals surface area contributed by atoms with Crippen LogP contribution in [0.15, 0.2) is 39.8 Å². The van der Waals surface area contributed by atoms with Crippen molar-refractivity contribution in [3.63, 3.8) is 0 Å². The lowest BCUT2D eigenvalue weighted by atomic mass is 10.3. The summed E-state index contributed by atoms with van der Waals surface area (Å²) in [6, 6.07) is 9.45. The highest BCUT2D eigenvalue weighted by Crippen LogP contribution is 2.24. The van der Waals surface area contributed by atoms with Crippen LogP contribution in [-0.4, -0.2) is 4.55 Å². The lowest BCUT2D eigenvalue weighted by molar-refractivity contribution is 0.499. The molecule has 56 valence electrons. The first kappa shape index (κ1) is 6.76. The van der Waals surface area contributed by atoms with Gasteiger partial charge in [0.1, 0.15) is 5.58 Å². The molecule has 3 heteroatoms. The summed E-state index contributed by atoms with van der Waals surface area (Å²) in [6.07, 6.45) is 0. The van der Waals surface area contributed by atoms with Gasteiger partial charge in [0.2, 0.25) is 0 Å². The number of fused-ring (bicyclic) bond motifs is 1. The lowest BCUT2D eigenvalue weighted by Crippen LogP contribution is -1.57. The number of rotatable bonds is 1. The largest absolute Gasteiger partial charge is 0.448 e. The van der Waals surface area contributed by atoms with E-state index >= 15 is 0 Å². The van der Waals surface area contributed by atoms with Crippen LogP contribution in [0.5, 0.6) is 0 Å². The van der Waals surface area contributed by atoms with Gasteiger partial charge in [-0.05, 0) is 6.07 Å². The van der Waals surface area contributed by atoms with E-state index < -0.39 is 0 Å². The van der Waals surface area contributed by atoms with Crippen molar-refractivity contribution in [3.8, 4) is 0 Å². The van der Waals surface area contributed by atoms with Crippen LogP contribution in [0.4, 0.5) is 0 Å². The number of furan rings is 1. The molecular formula is C8H6O2S. The Balaban J connectivity index is 2.69. The van der Waals surface area contributed by atoms with Gasteiger partial charge in [-0.3, -0.25) is 0 Å². The van der Waals surface area contributed by atoms with E-state index in [0.717, 1.165) is 11.0 Å². The van der Waals surface area contributed by atoms with Gasteiger partial charge in [-0.25, -0.2) is 0 Å². The van der Waals surface area contributed by atoms with E-state index in [1.807, 2.05) is 24.3 Å². The van der Waals surface area contributed by atoms with Crippen LogP contribution in [0.25, 0.3) is 11.0 Å². The van der Waals surface area contributed by atoms with Gasteiger partial charge < -0.3 is 8.97 Å². The molecule has 0 bridgehead atoms. The van der Waals surface area contributed by atoms with Crippen LogP contribution in [0.3, 0.4) is 0 Å². The molecule has 0 fully saturated rings. The Hall–Kier alpha value is -0.930. The summed E-state index contributed by atoms with van der Waals surface area (Å²) in [6.45, 7) is 0. The smallest absolute Gasteiger partial charge is 0.188 e. The third-order valence-corrected chi connectivity index (χ3v) is 1.87. The molecule has 0 atom stereocenters. The standard InChI is InChI=1S/C8H6O2S/c9-11-8-5-6-3-1-2-4-7(6)10-8/h1-5,9H. The minimum absolute atomic E-state index is 0.534. The molecule has 2 nitrogen and oxygen atoms in total. The monoisotopic (exact) mass is 166 g/mol. The van der Waals surface area contributed by atoms with E-state index in [1.165, 1.54) is 0 Å². The summed E-state index contributed by atoms with van der Waals surface area (Å²) in [4.78, 5) is 0. The topological polar surface area (TPSA) is 33.4 Å². The second-order valence-electron chi connectivity index (χ2n) is 2.19. The predicted molar refractivity (Wildman–Crippen MR) is 44.7 cm³/mol. The third kappa shape index (κ3) is 1.13. The minimum Gasteiger partial charge on any atom is -0.448 e. The van der Waals surface area contributed by atoms with Crippen LogP contribution in [0.2, 0.25) is 0 Å². The molecule has 0 aliphatic rings. The fourth-order valence-corrected chi connectivity index (χ4v) is 1.31. The maximum Gasteiger partial charge on any atom is 0.188 e. The minimum atomic E-state index is 0.534. The highest BCUT2D eigenvalue weighted by atomic mass is 32.2. The average molecular weight is 166 g/mol. The van der Waals surface area contributed by atoms with E-state index in [0.29, 0.717) is 17.1 Å². The summed E-state index contributed by atoms with van der Waals surface area (Å²) in [5.74, 6) is 0. The zero-order valence-corrected chi connectivity index (χ0v) is 6.47. The van der Waals surface area contributed by atoms with E-state index in [4.69, 9.17) is 8.97 Å². The van der Waals surface area contributed by atoms with E-state index in [9.17, 15) is 0 Å². The first-order valence-corrected chi connectivity index (χ1v) is 3.97. The molecule has 1 aromatic heterocycles. The quantitative estimate of drug-likeness (QED) is 0.661. The average Bonchev–Trinajstić information content (AvgIpc) is 2.46. The van der Waals surface area contributed by atoms with Crippen molar-refractivity contribution in [3.05, 3.63) is 30.3 Å². The second-order valence-corrected chi connectivity index (χ2v) is 2.78. The van der Waals surface area contributed by atoms with Gasteiger partial charge in [0.15, 0.2) is 5.09 Å². The maximum absolute atomic E-state index is 8.66. The van der Waals surface area contributed by atoms with Crippen molar-refractivity contribution in [2.24, 2.45) is 0 Å². The Morgan fingerprint density at radius 2 is 2.09 bits per heavy atom. The van der Waals surface area contributed by atoms with Crippen LogP contribution < -0.4 is 0 Å². The van der Waals surface area contributed by atoms with Gasteiger partial charge in [-0.15, -0.1) is 0 Å². The van der Waals surface area contributed by atoms with Gasteiger partial charge >= 0.3 is 0 Å². The Labute approximate surface area is 68.0 Å². The van der Waals surface area contributed by atoms with Gasteiger partial charge in [0, 0.05) is 11.5 Å². The predicted octanol–water partition coefficient (Wildman–Crippen LogP) is 3.00. The number of benzene rings is 1. The molecule has 1 heterocycles. The van der Waals surface area contributed by atoms with Crippen molar-refractivity contribution >= 4 is 23.0 Å². The number of hydrogen-bond acceptors (Lipinski definition) is 3. The molecule has 0 aliphatic heterocycles. The third-order valence-electron chi connectivity index (χ3n) is 1.49. The summed E-state index contributed by atoms with van der Waals surface area (Å²) < 4.78 is 13.9. The molecule has 0 saturated carbocycles. The maximum atomic E-state index is 8.66. The Bertz CT molecular complexity index is 334. The van der Waals surface area contributed by atoms with Gasteiger partial charge in [0.05, 0.1) is 12.0 Å². The molecule has 1 aromatic carbocycles. The molecule has 11 heavy (non-hydrogen) atoms.